The number of aliphatic hydroxyl groups is 3. The minimum atomic E-state index is -0.303. The molecule has 3 N–H and O–H groups in total. The van der Waals surface area contributed by atoms with Crippen molar-refractivity contribution in [1.82, 2.24) is 0 Å². The van der Waals surface area contributed by atoms with Crippen LogP contribution < -0.4 is 14.2 Å². The number of rotatable bonds is 11. The van der Waals surface area contributed by atoms with Gasteiger partial charge in [0.1, 0.15) is 25.6 Å². The molecule has 0 spiro atoms. The molecule has 0 aliphatic carbocycles. The van der Waals surface area contributed by atoms with Gasteiger partial charge in [0.25, 0.3) is 0 Å². The zero-order chi connectivity index (χ0) is 19.7. The maximum atomic E-state index is 9.06. The summed E-state index contributed by atoms with van der Waals surface area (Å²) in [5.74, 6) is 1.78. The van der Waals surface area contributed by atoms with Gasteiger partial charge in [-0.05, 0) is 35.4 Å². The number of benzene rings is 2. The van der Waals surface area contributed by atoms with E-state index in [4.69, 9.17) is 29.5 Å². The summed E-state index contributed by atoms with van der Waals surface area (Å²) in [7, 11) is 0. The van der Waals surface area contributed by atoms with Gasteiger partial charge in [0.15, 0.2) is 11.5 Å². The maximum absolute atomic E-state index is 9.06. The van der Waals surface area contributed by atoms with Crippen LogP contribution in [-0.4, -0.2) is 55.0 Å². The first-order valence-electron chi connectivity index (χ1n) is 8.99. The fourth-order valence-electron chi connectivity index (χ4n) is 2.74. The van der Waals surface area contributed by atoms with Crippen molar-refractivity contribution in [2.24, 2.45) is 0 Å². The summed E-state index contributed by atoms with van der Waals surface area (Å²) < 4.78 is 16.5. The molecule has 2 rings (SSSR count). The van der Waals surface area contributed by atoms with E-state index in [0.29, 0.717) is 17.2 Å². The van der Waals surface area contributed by atoms with Gasteiger partial charge in [-0.1, -0.05) is 32.0 Å². The van der Waals surface area contributed by atoms with Crippen LogP contribution in [0.5, 0.6) is 17.2 Å². The van der Waals surface area contributed by atoms with Gasteiger partial charge in [-0.3, -0.25) is 0 Å². The highest BCUT2D eigenvalue weighted by molar-refractivity contribution is 5.48. The van der Waals surface area contributed by atoms with Gasteiger partial charge in [0.2, 0.25) is 0 Å². The lowest BCUT2D eigenvalue weighted by molar-refractivity contribution is 0.178. The topological polar surface area (TPSA) is 88.4 Å². The van der Waals surface area contributed by atoms with Crippen molar-refractivity contribution in [3.63, 3.8) is 0 Å². The minimum Gasteiger partial charge on any atom is -0.491 e. The first-order chi connectivity index (χ1) is 13.0. The normalized spacial score (nSPS) is 11.3. The summed E-state index contributed by atoms with van der Waals surface area (Å²) in [6.45, 7) is 4.62. The lowest BCUT2D eigenvalue weighted by Gasteiger charge is -2.27. The molecule has 0 atom stereocenters. The van der Waals surface area contributed by atoms with Crippen LogP contribution in [0, 0.1) is 0 Å². The zero-order valence-corrected chi connectivity index (χ0v) is 15.9. The Morgan fingerprint density at radius 2 is 1.19 bits per heavy atom. The molecule has 0 radical (unpaired) electrons. The average molecular weight is 376 g/mol. The molecular weight excluding hydrogens is 348 g/mol. The highest BCUT2D eigenvalue weighted by Crippen LogP contribution is 2.37. The number of ether oxygens (including phenoxy) is 3. The molecule has 0 unspecified atom stereocenters. The molecule has 0 saturated carbocycles. The van der Waals surface area contributed by atoms with E-state index >= 15 is 0 Å². The van der Waals surface area contributed by atoms with Crippen LogP contribution in [0.1, 0.15) is 25.0 Å². The van der Waals surface area contributed by atoms with E-state index in [9.17, 15) is 0 Å². The summed E-state index contributed by atoms with van der Waals surface area (Å²) in [5.41, 5.74) is 1.81. The molecule has 0 fully saturated rings. The summed E-state index contributed by atoms with van der Waals surface area (Å²) in [4.78, 5) is 0. The van der Waals surface area contributed by atoms with Crippen LogP contribution in [-0.2, 0) is 5.41 Å². The van der Waals surface area contributed by atoms with Gasteiger partial charge < -0.3 is 29.5 Å². The Morgan fingerprint density at radius 1 is 0.667 bits per heavy atom. The quantitative estimate of drug-likeness (QED) is 0.557. The van der Waals surface area contributed by atoms with Crippen molar-refractivity contribution < 1.29 is 29.5 Å². The molecule has 0 saturated heterocycles. The van der Waals surface area contributed by atoms with Crippen LogP contribution >= 0.6 is 0 Å². The molecule has 0 amide bonds. The molecule has 2 aromatic carbocycles. The van der Waals surface area contributed by atoms with Gasteiger partial charge in [0, 0.05) is 5.41 Å². The molecule has 27 heavy (non-hydrogen) atoms. The maximum Gasteiger partial charge on any atom is 0.161 e. The van der Waals surface area contributed by atoms with E-state index < -0.39 is 0 Å². The Bertz CT molecular complexity index is 696. The van der Waals surface area contributed by atoms with Gasteiger partial charge in [-0.15, -0.1) is 0 Å². The molecule has 2 aromatic rings. The van der Waals surface area contributed by atoms with Gasteiger partial charge >= 0.3 is 0 Å². The van der Waals surface area contributed by atoms with E-state index in [1.807, 2.05) is 42.5 Å². The summed E-state index contributed by atoms with van der Waals surface area (Å²) >= 11 is 0. The highest BCUT2D eigenvalue weighted by Gasteiger charge is 2.25. The molecule has 0 aliphatic heterocycles. The third-order valence-electron chi connectivity index (χ3n) is 4.30. The zero-order valence-electron chi connectivity index (χ0n) is 15.9. The van der Waals surface area contributed by atoms with Crippen molar-refractivity contribution >= 4 is 0 Å². The van der Waals surface area contributed by atoms with Crippen LogP contribution in [0.2, 0.25) is 0 Å². The van der Waals surface area contributed by atoms with E-state index in [1.165, 1.54) is 0 Å². The van der Waals surface area contributed by atoms with Crippen molar-refractivity contribution in [3.05, 3.63) is 53.6 Å². The van der Waals surface area contributed by atoms with Gasteiger partial charge in [-0.2, -0.15) is 0 Å². The average Bonchev–Trinajstić information content (AvgIpc) is 2.69. The van der Waals surface area contributed by atoms with Crippen LogP contribution in [0.25, 0.3) is 0 Å². The molecule has 6 heteroatoms. The van der Waals surface area contributed by atoms with Crippen molar-refractivity contribution in [2.45, 2.75) is 19.3 Å². The van der Waals surface area contributed by atoms with Crippen LogP contribution in [0.15, 0.2) is 42.5 Å². The fraction of sp³-hybridized carbons (Fsp3) is 0.429. The molecule has 148 valence electrons. The second kappa shape index (κ2) is 10.2. The predicted molar refractivity (Wildman–Crippen MR) is 103 cm³/mol. The smallest absolute Gasteiger partial charge is 0.161 e. The Labute approximate surface area is 159 Å². The van der Waals surface area contributed by atoms with Gasteiger partial charge in [0.05, 0.1) is 19.8 Å². The number of hydrogen-bond acceptors (Lipinski definition) is 6. The second-order valence-electron chi connectivity index (χ2n) is 6.53. The lowest BCUT2D eigenvalue weighted by Crippen LogP contribution is -2.19. The molecule has 0 heterocycles. The first-order valence-corrected chi connectivity index (χ1v) is 8.99. The van der Waals surface area contributed by atoms with E-state index in [-0.39, 0.29) is 45.1 Å². The third-order valence-corrected chi connectivity index (χ3v) is 4.30. The number of hydrogen-bond donors (Lipinski definition) is 3. The summed E-state index contributed by atoms with van der Waals surface area (Å²) in [6.07, 6.45) is 0. The lowest BCUT2D eigenvalue weighted by atomic mass is 9.78. The minimum absolute atomic E-state index is 0.0193. The first kappa shape index (κ1) is 21.0. The molecule has 0 aromatic heterocycles. The van der Waals surface area contributed by atoms with Crippen molar-refractivity contribution in [1.29, 1.82) is 0 Å². The monoisotopic (exact) mass is 376 g/mol. The predicted octanol–water partition coefficient (Wildman–Crippen LogP) is 2.13. The van der Waals surface area contributed by atoms with Crippen LogP contribution in [0.4, 0.5) is 0 Å². The van der Waals surface area contributed by atoms with E-state index in [1.54, 1.807) is 0 Å². The Balaban J connectivity index is 2.27. The molecule has 6 nitrogen and oxygen atoms in total. The Kier molecular flexibility index (Phi) is 7.91. The van der Waals surface area contributed by atoms with E-state index in [0.717, 1.165) is 11.1 Å². The Hall–Kier alpha value is -2.28. The summed E-state index contributed by atoms with van der Waals surface area (Å²) in [6, 6.07) is 13.4. The molecule has 0 aliphatic rings. The van der Waals surface area contributed by atoms with Gasteiger partial charge in [-0.25, -0.2) is 0 Å². The Morgan fingerprint density at radius 3 is 1.78 bits per heavy atom. The highest BCUT2D eigenvalue weighted by atomic mass is 16.5. The molecule has 0 bridgehead atoms. The standard InChI is InChI=1S/C21H28O6/c1-21(2,16-3-6-18(7-4-16)25-12-9-22)17-5-8-19(26-13-10-23)20(15-17)27-14-11-24/h3-8,15,22-24H,9-14H2,1-2H3. The summed E-state index contributed by atoms with van der Waals surface area (Å²) in [5, 5.41) is 26.9. The van der Waals surface area contributed by atoms with Crippen LogP contribution in [0.3, 0.4) is 0 Å². The largest absolute Gasteiger partial charge is 0.491 e. The second-order valence-corrected chi connectivity index (χ2v) is 6.53. The SMILES string of the molecule is CC(C)(c1ccc(OCCO)cc1)c1ccc(OCCO)c(OCCO)c1. The van der Waals surface area contributed by atoms with Crippen molar-refractivity contribution in [3.8, 4) is 17.2 Å². The fourth-order valence-corrected chi connectivity index (χ4v) is 2.74. The third kappa shape index (κ3) is 5.60. The molecular formula is C21H28O6. The van der Waals surface area contributed by atoms with Crippen molar-refractivity contribution in [2.75, 3.05) is 39.6 Å². The number of aliphatic hydroxyl groups excluding tert-OH is 3. The van der Waals surface area contributed by atoms with E-state index in [2.05, 4.69) is 13.8 Å².